The van der Waals surface area contributed by atoms with E-state index in [-0.39, 0.29) is 12.0 Å². The Hall–Kier alpha value is -2.48. The van der Waals surface area contributed by atoms with Crippen molar-refractivity contribution in [1.29, 1.82) is 0 Å². The lowest BCUT2D eigenvalue weighted by molar-refractivity contribution is 0.0980. The molecule has 1 amide bonds. The molecular weight excluding hydrogens is 480 g/mol. The zero-order valence-electron chi connectivity index (χ0n) is 21.8. The number of rotatable bonds is 3. The Labute approximate surface area is 226 Å². The Morgan fingerprint density at radius 1 is 1.00 bits per heavy atom. The summed E-state index contributed by atoms with van der Waals surface area (Å²) in [5, 5.41) is 0.578. The van der Waals surface area contributed by atoms with Crippen LogP contribution in [0.15, 0.2) is 36.4 Å². The van der Waals surface area contributed by atoms with E-state index >= 15 is 0 Å². The number of piperidine rings is 1. The average Bonchev–Trinajstić information content (AvgIpc) is 3.20. The highest BCUT2D eigenvalue weighted by Gasteiger charge is 2.35. The van der Waals surface area contributed by atoms with Gasteiger partial charge in [-0.1, -0.05) is 42.7 Å². The molecule has 0 radical (unpaired) electrons. The van der Waals surface area contributed by atoms with Gasteiger partial charge in [-0.3, -0.25) is 4.79 Å². The molecule has 3 heterocycles. The molecule has 2 saturated heterocycles. The van der Waals surface area contributed by atoms with Gasteiger partial charge < -0.3 is 14.5 Å². The van der Waals surface area contributed by atoms with Crippen LogP contribution in [-0.4, -0.2) is 43.1 Å². The second-order valence-corrected chi connectivity index (χ2v) is 12.0. The van der Waals surface area contributed by atoms with Gasteiger partial charge in [0.25, 0.3) is 5.91 Å². The summed E-state index contributed by atoms with van der Waals surface area (Å²) in [6, 6.07) is 12.5. The van der Waals surface area contributed by atoms with Crippen LogP contribution in [0.25, 0.3) is 0 Å². The normalized spacial score (nSPS) is 26.3. The van der Waals surface area contributed by atoms with E-state index in [2.05, 4.69) is 29.9 Å². The van der Waals surface area contributed by atoms with Crippen molar-refractivity contribution in [2.45, 2.75) is 76.4 Å². The average molecular weight is 517 g/mol. The van der Waals surface area contributed by atoms with Crippen molar-refractivity contribution in [2.75, 3.05) is 25.0 Å². The number of ether oxygens (including phenoxy) is 1. The highest BCUT2D eigenvalue weighted by atomic mass is 35.5. The third-order valence-corrected chi connectivity index (χ3v) is 9.24. The van der Waals surface area contributed by atoms with Gasteiger partial charge in [-0.2, -0.15) is 0 Å². The smallest absolute Gasteiger partial charge is 0.258 e. The summed E-state index contributed by atoms with van der Waals surface area (Å²) in [5.41, 5.74) is 3.71. The van der Waals surface area contributed by atoms with E-state index < -0.39 is 0 Å². The van der Waals surface area contributed by atoms with Crippen molar-refractivity contribution in [2.24, 2.45) is 11.8 Å². The zero-order valence-corrected chi connectivity index (χ0v) is 22.6. The van der Waals surface area contributed by atoms with Gasteiger partial charge in [-0.25, -0.2) is 0 Å². The summed E-state index contributed by atoms with van der Waals surface area (Å²) in [6.45, 7) is 1.81. The first-order valence-corrected chi connectivity index (χ1v) is 14.5. The summed E-state index contributed by atoms with van der Waals surface area (Å²) in [7, 11) is 2.24. The monoisotopic (exact) mass is 516 g/mol. The van der Waals surface area contributed by atoms with Crippen LogP contribution in [0, 0.1) is 23.7 Å². The molecule has 194 valence electrons. The molecule has 5 aliphatic rings. The highest BCUT2D eigenvalue weighted by Crippen LogP contribution is 2.37. The second kappa shape index (κ2) is 10.7. The number of anilines is 1. The molecule has 37 heavy (non-hydrogen) atoms. The maximum atomic E-state index is 13.4. The molecule has 2 bridgehead atoms. The summed E-state index contributed by atoms with van der Waals surface area (Å²) in [4.78, 5) is 17.7. The number of carbonyl (C=O) groups is 1. The first kappa shape index (κ1) is 24.8. The van der Waals surface area contributed by atoms with Crippen LogP contribution < -0.4 is 9.64 Å². The lowest BCUT2D eigenvalue weighted by Gasteiger charge is -2.33. The van der Waals surface area contributed by atoms with Gasteiger partial charge >= 0.3 is 0 Å². The van der Waals surface area contributed by atoms with Crippen molar-refractivity contribution < 1.29 is 9.53 Å². The molecule has 3 atom stereocenters. The van der Waals surface area contributed by atoms with Crippen LogP contribution in [0.5, 0.6) is 5.75 Å². The Morgan fingerprint density at radius 2 is 1.86 bits per heavy atom. The number of amides is 1. The van der Waals surface area contributed by atoms with Crippen LogP contribution in [0.2, 0.25) is 5.02 Å². The predicted molar refractivity (Wildman–Crippen MR) is 150 cm³/mol. The minimum atomic E-state index is 0.0288. The van der Waals surface area contributed by atoms with Gasteiger partial charge in [0.05, 0.1) is 5.02 Å². The Bertz CT molecular complexity index is 1230. The topological polar surface area (TPSA) is 32.8 Å². The maximum absolute atomic E-state index is 13.4. The first-order chi connectivity index (χ1) is 18.0. The molecule has 7 rings (SSSR count). The first-order valence-electron chi connectivity index (χ1n) is 14.2. The van der Waals surface area contributed by atoms with Crippen molar-refractivity contribution in [1.82, 2.24) is 4.90 Å². The Morgan fingerprint density at radius 3 is 2.68 bits per heavy atom. The fourth-order valence-corrected chi connectivity index (χ4v) is 7.05. The van der Waals surface area contributed by atoms with Crippen LogP contribution in [-0.2, 0) is 6.42 Å². The van der Waals surface area contributed by atoms with E-state index in [9.17, 15) is 4.79 Å². The summed E-state index contributed by atoms with van der Waals surface area (Å²) < 4.78 is 6.43. The van der Waals surface area contributed by atoms with E-state index in [1.54, 1.807) is 0 Å². The number of fused-ring (bicyclic) bond motifs is 5. The van der Waals surface area contributed by atoms with Gasteiger partial charge in [0.1, 0.15) is 11.9 Å². The standard InChI is InChI=1S/C32H37ClN2O2/c1-34-21-24-9-11-26(34)19-28(18-24)37-31-14-12-27(20-30(31)33)35-16-15-25-17-23(10-13-29(25)32(35)36)8-7-22-5-3-2-4-6-22/h10,12-14,17,20,22,24,26,28H,2-6,9,11,15-16,18-19,21H2,1H3/t24-,26+,28+/m1/s1. The molecule has 4 fully saturated rings. The van der Waals surface area contributed by atoms with Gasteiger partial charge in [0.15, 0.2) is 0 Å². The van der Waals surface area contributed by atoms with E-state index in [0.717, 1.165) is 47.4 Å². The molecule has 0 unspecified atom stereocenters. The lowest BCUT2D eigenvalue weighted by atomic mass is 9.89. The highest BCUT2D eigenvalue weighted by molar-refractivity contribution is 6.32. The SMILES string of the molecule is CN1C[C@@H]2CC[C@H]1C[C@@H](Oc1ccc(N3CCc4cc(C#CC5CCCCC5)ccc4C3=O)cc1Cl)C2. The Kier molecular flexibility index (Phi) is 7.19. The predicted octanol–water partition coefficient (Wildman–Crippen LogP) is 6.73. The van der Waals surface area contributed by atoms with Crippen molar-refractivity contribution in [3.05, 3.63) is 58.1 Å². The van der Waals surface area contributed by atoms with Crippen molar-refractivity contribution in [3.63, 3.8) is 0 Å². The summed E-state index contributed by atoms with van der Waals surface area (Å²) in [6.07, 6.45) is 12.1. The molecule has 3 aliphatic heterocycles. The molecule has 0 spiro atoms. The quantitative estimate of drug-likeness (QED) is 0.424. The molecular formula is C32H37ClN2O2. The zero-order chi connectivity index (χ0) is 25.4. The molecule has 2 aromatic carbocycles. The number of halogens is 1. The largest absolute Gasteiger partial charge is 0.489 e. The third-order valence-electron chi connectivity index (χ3n) is 8.94. The van der Waals surface area contributed by atoms with Gasteiger partial charge in [0, 0.05) is 41.9 Å². The van der Waals surface area contributed by atoms with Crippen LogP contribution in [0.3, 0.4) is 0 Å². The van der Waals surface area contributed by atoms with E-state index in [4.69, 9.17) is 16.3 Å². The minimum absolute atomic E-state index is 0.0288. The van der Waals surface area contributed by atoms with Crippen LogP contribution in [0.4, 0.5) is 5.69 Å². The van der Waals surface area contributed by atoms with Gasteiger partial charge in [0.2, 0.25) is 0 Å². The fraction of sp³-hybridized carbons (Fsp3) is 0.531. The van der Waals surface area contributed by atoms with E-state index in [1.165, 1.54) is 51.5 Å². The molecule has 2 saturated carbocycles. The molecule has 4 nitrogen and oxygen atoms in total. The number of hydrogen-bond donors (Lipinski definition) is 0. The van der Waals surface area contributed by atoms with Crippen LogP contribution >= 0.6 is 11.6 Å². The summed E-state index contributed by atoms with van der Waals surface area (Å²) in [5.74, 6) is 8.83. The maximum Gasteiger partial charge on any atom is 0.258 e. The van der Waals surface area contributed by atoms with Crippen molar-refractivity contribution in [3.8, 4) is 17.6 Å². The minimum Gasteiger partial charge on any atom is -0.489 e. The Balaban J connectivity index is 1.14. The molecule has 0 aromatic heterocycles. The third kappa shape index (κ3) is 5.40. The van der Waals surface area contributed by atoms with E-state index in [0.29, 0.717) is 29.4 Å². The lowest BCUT2D eigenvalue weighted by Crippen LogP contribution is -2.38. The fourth-order valence-electron chi connectivity index (χ4n) is 6.83. The number of benzene rings is 2. The molecule has 5 heteroatoms. The number of hydrogen-bond acceptors (Lipinski definition) is 3. The summed E-state index contributed by atoms with van der Waals surface area (Å²) >= 11 is 6.70. The van der Waals surface area contributed by atoms with Crippen molar-refractivity contribution >= 4 is 23.2 Å². The molecule has 0 N–H and O–H groups in total. The second-order valence-electron chi connectivity index (χ2n) is 11.5. The van der Waals surface area contributed by atoms with Gasteiger partial charge in [-0.15, -0.1) is 0 Å². The van der Waals surface area contributed by atoms with Crippen LogP contribution in [0.1, 0.15) is 79.3 Å². The molecule has 2 aliphatic carbocycles. The van der Waals surface area contributed by atoms with E-state index in [1.807, 2.05) is 35.2 Å². The van der Waals surface area contributed by atoms with Gasteiger partial charge in [-0.05, 0) is 99.9 Å². The molecule has 2 aromatic rings. The number of carbonyl (C=O) groups excluding carboxylic acids is 1. The number of nitrogens with zero attached hydrogens (tertiary/aromatic N) is 2.